The minimum atomic E-state index is -1.20. The van der Waals surface area contributed by atoms with Gasteiger partial charge in [0, 0.05) is 30.8 Å². The second kappa shape index (κ2) is 9.39. The van der Waals surface area contributed by atoms with Gasteiger partial charge in [0.05, 0.1) is 37.4 Å². The van der Waals surface area contributed by atoms with Gasteiger partial charge in [-0.25, -0.2) is 11.6 Å². The number of hydrogen-bond donors (Lipinski definition) is 4. The Bertz CT molecular complexity index is 1070. The van der Waals surface area contributed by atoms with Crippen LogP contribution in [0, 0.1) is 23.8 Å². The van der Waals surface area contributed by atoms with Crippen molar-refractivity contribution in [2.24, 2.45) is 0 Å². The van der Waals surface area contributed by atoms with Crippen molar-refractivity contribution in [1.82, 2.24) is 15.2 Å². The van der Waals surface area contributed by atoms with Gasteiger partial charge in [0.25, 0.3) is 0 Å². The summed E-state index contributed by atoms with van der Waals surface area (Å²) in [7, 11) is 0. The van der Waals surface area contributed by atoms with Crippen LogP contribution in [0.4, 0.5) is 17.5 Å². The Kier molecular flexibility index (Phi) is 6.40. The molecule has 3 atom stereocenters. The fraction of sp³-hybridized carbons (Fsp3) is 0.478. The fourth-order valence-electron chi connectivity index (χ4n) is 4.19. The van der Waals surface area contributed by atoms with Crippen molar-refractivity contribution in [3.63, 3.8) is 0 Å². The molecule has 4 N–H and O–H groups in total. The van der Waals surface area contributed by atoms with E-state index < -0.39 is 5.60 Å². The third kappa shape index (κ3) is 4.75. The van der Waals surface area contributed by atoms with Crippen molar-refractivity contribution in [3.8, 4) is 11.8 Å². The van der Waals surface area contributed by atoms with E-state index in [1.165, 1.54) is 6.21 Å². The highest BCUT2D eigenvalue weighted by Crippen LogP contribution is 2.31. The number of aromatic amines is 1. The van der Waals surface area contributed by atoms with Gasteiger partial charge in [-0.2, -0.15) is 5.10 Å². The highest BCUT2D eigenvalue weighted by atomic mass is 16.5. The number of hydrogen-bond acceptors (Lipinski definition) is 7. The highest BCUT2D eigenvalue weighted by Gasteiger charge is 2.36. The Labute approximate surface area is 187 Å². The topological polar surface area (TPSA) is 115 Å². The van der Waals surface area contributed by atoms with Gasteiger partial charge in [-0.3, -0.25) is 5.10 Å². The average molecular weight is 434 g/mol. The first-order valence-electron chi connectivity index (χ1n) is 10.8. The number of nitrogens with one attached hydrogen (secondary N) is 3. The molecule has 9 heteroatoms. The van der Waals surface area contributed by atoms with E-state index in [0.717, 1.165) is 18.7 Å². The molecule has 0 amide bonds. The number of pyridine rings is 1. The predicted molar refractivity (Wildman–Crippen MR) is 122 cm³/mol. The van der Waals surface area contributed by atoms with Crippen LogP contribution in [0.2, 0.25) is 0 Å². The zero-order valence-corrected chi connectivity index (χ0v) is 18.1. The lowest BCUT2D eigenvalue weighted by Crippen LogP contribution is -2.44. The molecule has 2 unspecified atom stereocenters. The first kappa shape index (κ1) is 21.8. The number of anilines is 3. The van der Waals surface area contributed by atoms with E-state index in [-0.39, 0.29) is 12.1 Å². The maximum absolute atomic E-state index is 11.0. The highest BCUT2D eigenvalue weighted by molar-refractivity contribution is 5.90. The molecule has 2 aliphatic rings. The molecule has 9 nitrogen and oxygen atoms in total. The molecule has 0 radical (unpaired) electrons. The maximum Gasteiger partial charge on any atom is 0.227 e. The Morgan fingerprint density at radius 2 is 2.41 bits per heavy atom. The maximum atomic E-state index is 11.0. The third-order valence-corrected chi connectivity index (χ3v) is 5.92. The molecule has 1 aliphatic carbocycles. The van der Waals surface area contributed by atoms with Crippen LogP contribution >= 0.6 is 0 Å². The number of nitrogens with zero attached hydrogens (tertiary/aromatic N) is 4. The van der Waals surface area contributed by atoms with Crippen molar-refractivity contribution in [2.75, 3.05) is 30.0 Å². The number of morpholine rings is 1. The van der Waals surface area contributed by atoms with Crippen LogP contribution in [0.5, 0.6) is 0 Å². The van der Waals surface area contributed by atoms with Crippen LogP contribution < -0.4 is 10.2 Å². The number of aliphatic hydroxyl groups is 1. The summed E-state index contributed by atoms with van der Waals surface area (Å²) in [4.78, 5) is 10.5. The Morgan fingerprint density at radius 3 is 3.12 bits per heavy atom. The summed E-state index contributed by atoms with van der Waals surface area (Å²) >= 11 is 0. The molecule has 4 rings (SSSR count). The van der Waals surface area contributed by atoms with Crippen LogP contribution in [0.1, 0.15) is 43.7 Å². The predicted octanol–water partition coefficient (Wildman–Crippen LogP) is 2.72. The summed E-state index contributed by atoms with van der Waals surface area (Å²) in [6.07, 6.45) is 5.31. The quantitative estimate of drug-likeness (QED) is 0.335. The van der Waals surface area contributed by atoms with Gasteiger partial charge in [0.1, 0.15) is 23.1 Å². The number of ether oxygens (including phenoxy) is 1. The second-order valence-electron chi connectivity index (χ2n) is 8.31. The molecule has 1 saturated carbocycles. The molecular weight excluding hydrogens is 406 g/mol. The SMILES string of the molecule is [C-]#[N+]C1CCCC(O)(C#Cc2cc(N3CCOC[C@H]3C)nc(Nc3ccn[nH]3)c2C=N)C1. The monoisotopic (exact) mass is 433 g/mol. The molecule has 0 bridgehead atoms. The largest absolute Gasteiger partial charge is 0.377 e. The molecule has 0 aromatic carbocycles. The zero-order chi connectivity index (χ0) is 22.6. The Morgan fingerprint density at radius 1 is 1.53 bits per heavy atom. The molecule has 0 spiro atoms. The standard InChI is InChI=1S/C23H27N7O2/c1-16-15-32-11-10-30(16)21-12-17(5-8-23(31)7-3-4-18(13-23)25-2)19(14-24)22(28-21)27-20-6-9-26-29-20/h6,9,12,14,16,18,24,31H,3-4,7,10-11,13,15H2,1H3,(H2,26,27,28,29)/t16-,18?,23?/m1/s1. The zero-order valence-electron chi connectivity index (χ0n) is 18.1. The smallest absolute Gasteiger partial charge is 0.227 e. The van der Waals surface area contributed by atoms with E-state index >= 15 is 0 Å². The first-order chi connectivity index (χ1) is 15.5. The van der Waals surface area contributed by atoms with E-state index in [4.69, 9.17) is 21.7 Å². The van der Waals surface area contributed by atoms with Crippen LogP contribution in [0.25, 0.3) is 4.85 Å². The summed E-state index contributed by atoms with van der Waals surface area (Å²) in [5, 5.41) is 29.0. The Balaban J connectivity index is 1.75. The molecule has 1 aliphatic heterocycles. The van der Waals surface area contributed by atoms with Crippen molar-refractivity contribution in [2.45, 2.75) is 50.3 Å². The van der Waals surface area contributed by atoms with Gasteiger partial charge in [0.15, 0.2) is 0 Å². The van der Waals surface area contributed by atoms with Gasteiger partial charge in [0.2, 0.25) is 6.04 Å². The average Bonchev–Trinajstić information content (AvgIpc) is 3.31. The summed E-state index contributed by atoms with van der Waals surface area (Å²) in [5.41, 5.74) is -0.0682. The van der Waals surface area contributed by atoms with Gasteiger partial charge in [-0.15, -0.1) is 0 Å². The van der Waals surface area contributed by atoms with Crippen LogP contribution in [0.15, 0.2) is 18.3 Å². The van der Waals surface area contributed by atoms with Gasteiger partial charge < -0.3 is 30.3 Å². The van der Waals surface area contributed by atoms with Crippen molar-refractivity contribution < 1.29 is 9.84 Å². The molecule has 1 saturated heterocycles. The molecule has 2 aromatic rings. The van der Waals surface area contributed by atoms with Crippen LogP contribution in [-0.2, 0) is 4.74 Å². The normalized spacial score (nSPS) is 25.3. The molecule has 166 valence electrons. The minimum Gasteiger partial charge on any atom is -0.377 e. The molecule has 3 heterocycles. The van der Waals surface area contributed by atoms with E-state index in [0.29, 0.717) is 55.4 Å². The van der Waals surface area contributed by atoms with Crippen molar-refractivity contribution >= 4 is 23.7 Å². The van der Waals surface area contributed by atoms with Gasteiger partial charge in [-0.1, -0.05) is 11.8 Å². The van der Waals surface area contributed by atoms with E-state index in [9.17, 15) is 5.11 Å². The van der Waals surface area contributed by atoms with Crippen molar-refractivity contribution in [1.29, 1.82) is 5.41 Å². The van der Waals surface area contributed by atoms with E-state index in [1.54, 1.807) is 12.3 Å². The lowest BCUT2D eigenvalue weighted by Gasteiger charge is -2.34. The number of rotatable bonds is 4. The summed E-state index contributed by atoms with van der Waals surface area (Å²) in [5.74, 6) is 8.00. The molecular formula is C23H27N7O2. The molecule has 2 fully saturated rings. The van der Waals surface area contributed by atoms with E-state index in [1.807, 2.05) is 6.07 Å². The number of H-pyrrole nitrogens is 1. The van der Waals surface area contributed by atoms with Crippen LogP contribution in [0.3, 0.4) is 0 Å². The molecule has 2 aromatic heterocycles. The molecule has 32 heavy (non-hydrogen) atoms. The minimum absolute atomic E-state index is 0.143. The van der Waals surface area contributed by atoms with E-state index in [2.05, 4.69) is 44.0 Å². The lowest BCUT2D eigenvalue weighted by atomic mass is 9.82. The fourth-order valence-corrected chi connectivity index (χ4v) is 4.19. The lowest BCUT2D eigenvalue weighted by molar-refractivity contribution is 0.0583. The van der Waals surface area contributed by atoms with Gasteiger partial charge in [-0.05, 0) is 25.8 Å². The summed E-state index contributed by atoms with van der Waals surface area (Å²) in [6, 6.07) is 3.58. The van der Waals surface area contributed by atoms with Crippen molar-refractivity contribution in [3.05, 3.63) is 40.9 Å². The van der Waals surface area contributed by atoms with Crippen LogP contribution in [-0.4, -0.2) is 63.9 Å². The summed E-state index contributed by atoms with van der Waals surface area (Å²) in [6.45, 7) is 11.3. The third-order valence-electron chi connectivity index (χ3n) is 5.92. The summed E-state index contributed by atoms with van der Waals surface area (Å²) < 4.78 is 5.57. The first-order valence-corrected chi connectivity index (χ1v) is 10.8. The number of aromatic nitrogens is 3. The second-order valence-corrected chi connectivity index (χ2v) is 8.31. The van der Waals surface area contributed by atoms with Gasteiger partial charge >= 0.3 is 0 Å². The Hall–Kier alpha value is -3.40.